The smallest absolute Gasteiger partial charge is 0.252 e. The average Bonchev–Trinajstić information content (AvgIpc) is 3.13. The molecule has 2 aromatic heterocycles. The van der Waals surface area contributed by atoms with Crippen molar-refractivity contribution in [2.75, 3.05) is 39.1 Å². The molecule has 14 heteroatoms. The number of fused-ring (bicyclic) bond motifs is 2. The zero-order chi connectivity index (χ0) is 37.7. The second-order valence-electron chi connectivity index (χ2n) is 11.4. The number of nitrogens with zero attached hydrogens (tertiary/aromatic N) is 2. The van der Waals surface area contributed by atoms with E-state index in [0.29, 0.717) is 66.9 Å². The fraction of sp³-hybridized carbons (Fsp3) is 0.158. The SMILES string of the molecule is COc1cc2ncc(C(N)=O)c(Nc3cc(Cl)ccc3C)c2cc1OC.COc1cc2ncc(C(N)=O)c(Nc3cc(F)ccc3C)c2cc1OC. The number of benzene rings is 4. The predicted octanol–water partition coefficient (Wildman–Crippen LogP) is 7.60. The number of anilines is 4. The molecule has 268 valence electrons. The third-order valence-electron chi connectivity index (χ3n) is 8.20. The number of aromatic nitrogens is 2. The second-order valence-corrected chi connectivity index (χ2v) is 11.9. The van der Waals surface area contributed by atoms with E-state index < -0.39 is 17.6 Å². The molecule has 0 spiro atoms. The van der Waals surface area contributed by atoms with Gasteiger partial charge in [0.2, 0.25) is 0 Å². The van der Waals surface area contributed by atoms with Crippen LogP contribution in [0.25, 0.3) is 21.8 Å². The molecule has 2 heterocycles. The molecule has 0 aliphatic heterocycles. The van der Waals surface area contributed by atoms with Crippen molar-refractivity contribution in [1.82, 2.24) is 9.97 Å². The third kappa shape index (κ3) is 7.69. The molecule has 0 bridgehead atoms. The number of halogens is 2. The molecule has 0 aliphatic carbocycles. The number of nitrogens with one attached hydrogen (secondary N) is 2. The van der Waals surface area contributed by atoms with Crippen LogP contribution in [-0.4, -0.2) is 50.2 Å². The van der Waals surface area contributed by atoms with Crippen LogP contribution in [-0.2, 0) is 0 Å². The molecule has 6 N–H and O–H groups in total. The van der Waals surface area contributed by atoms with Crippen molar-refractivity contribution in [2.45, 2.75) is 13.8 Å². The molecule has 52 heavy (non-hydrogen) atoms. The van der Waals surface area contributed by atoms with Gasteiger partial charge >= 0.3 is 0 Å². The van der Waals surface area contributed by atoms with Gasteiger partial charge in [0.1, 0.15) is 5.82 Å². The Morgan fingerprint density at radius 2 is 1.04 bits per heavy atom. The minimum atomic E-state index is -0.647. The summed E-state index contributed by atoms with van der Waals surface area (Å²) in [4.78, 5) is 32.4. The number of carbonyl (C=O) groups is 2. The van der Waals surface area contributed by atoms with Crippen LogP contribution in [0.4, 0.5) is 27.1 Å². The minimum Gasteiger partial charge on any atom is -0.493 e. The minimum absolute atomic E-state index is 0.188. The Labute approximate surface area is 303 Å². The average molecular weight is 727 g/mol. The van der Waals surface area contributed by atoms with Crippen molar-refractivity contribution in [3.05, 3.63) is 106 Å². The van der Waals surface area contributed by atoms with Gasteiger partial charge in [-0.05, 0) is 61.4 Å². The summed E-state index contributed by atoms with van der Waals surface area (Å²) < 4.78 is 35.0. The highest BCUT2D eigenvalue weighted by Gasteiger charge is 2.19. The third-order valence-corrected chi connectivity index (χ3v) is 8.43. The Kier molecular flexibility index (Phi) is 11.1. The zero-order valence-electron chi connectivity index (χ0n) is 29.2. The lowest BCUT2D eigenvalue weighted by atomic mass is 10.1. The van der Waals surface area contributed by atoms with Crippen LogP contribution < -0.4 is 41.0 Å². The van der Waals surface area contributed by atoms with Crippen LogP contribution in [0.1, 0.15) is 31.8 Å². The summed E-state index contributed by atoms with van der Waals surface area (Å²) in [5, 5.41) is 8.25. The first kappa shape index (κ1) is 36.9. The molecule has 0 saturated carbocycles. The number of hydrogen-bond acceptors (Lipinski definition) is 10. The summed E-state index contributed by atoms with van der Waals surface area (Å²) in [7, 11) is 6.13. The first-order chi connectivity index (χ1) is 24.9. The molecule has 0 unspecified atom stereocenters. The van der Waals surface area contributed by atoms with E-state index in [2.05, 4.69) is 20.6 Å². The van der Waals surface area contributed by atoms with Crippen molar-refractivity contribution in [2.24, 2.45) is 11.5 Å². The number of amides is 2. The molecule has 0 fully saturated rings. The summed E-state index contributed by atoms with van der Waals surface area (Å²) in [6.07, 6.45) is 2.83. The quantitative estimate of drug-likeness (QED) is 0.110. The van der Waals surface area contributed by atoms with E-state index >= 15 is 0 Å². The van der Waals surface area contributed by atoms with Crippen molar-refractivity contribution >= 4 is 68.0 Å². The summed E-state index contributed by atoms with van der Waals surface area (Å²) in [5.74, 6) is 0.423. The van der Waals surface area contributed by atoms with Gasteiger partial charge < -0.3 is 41.0 Å². The lowest BCUT2D eigenvalue weighted by Crippen LogP contribution is -2.14. The van der Waals surface area contributed by atoms with Gasteiger partial charge in [0.15, 0.2) is 23.0 Å². The Morgan fingerprint density at radius 1 is 0.635 bits per heavy atom. The fourth-order valence-electron chi connectivity index (χ4n) is 5.41. The van der Waals surface area contributed by atoms with Crippen molar-refractivity contribution in [1.29, 1.82) is 0 Å². The Bertz CT molecular complexity index is 2170. The Hall–Kier alpha value is -6.34. The standard InChI is InChI=1S/C19H18ClN3O3.C19H18FN3O3/c2*1-10-4-5-11(20)6-14(10)23-18-12-7-16(25-2)17(26-3)8-15(12)22-9-13(18)19(21)24/h2*4-9H,1-3H3,(H2,21,24)(H,22,23). The van der Waals surface area contributed by atoms with Gasteiger partial charge in [0, 0.05) is 51.7 Å². The van der Waals surface area contributed by atoms with Crippen LogP contribution >= 0.6 is 11.6 Å². The van der Waals surface area contributed by atoms with E-state index in [9.17, 15) is 14.0 Å². The maximum Gasteiger partial charge on any atom is 0.252 e. The van der Waals surface area contributed by atoms with E-state index in [4.69, 9.17) is 42.0 Å². The van der Waals surface area contributed by atoms with Gasteiger partial charge in [0.25, 0.3) is 11.8 Å². The molecule has 0 atom stereocenters. The summed E-state index contributed by atoms with van der Waals surface area (Å²) in [5.41, 5.74) is 16.8. The van der Waals surface area contributed by atoms with Gasteiger partial charge in [-0.2, -0.15) is 0 Å². The summed E-state index contributed by atoms with van der Waals surface area (Å²) in [6, 6.07) is 16.7. The molecule has 6 rings (SSSR count). The second kappa shape index (κ2) is 15.7. The Morgan fingerprint density at radius 3 is 1.46 bits per heavy atom. The highest BCUT2D eigenvalue weighted by molar-refractivity contribution is 6.31. The van der Waals surface area contributed by atoms with Crippen LogP contribution in [0.2, 0.25) is 5.02 Å². The largest absolute Gasteiger partial charge is 0.493 e. The van der Waals surface area contributed by atoms with Crippen LogP contribution in [0.3, 0.4) is 0 Å². The van der Waals surface area contributed by atoms with E-state index in [1.165, 1.54) is 38.7 Å². The number of ether oxygens (including phenoxy) is 4. The maximum atomic E-state index is 13.7. The molecule has 0 saturated heterocycles. The normalized spacial score (nSPS) is 10.6. The first-order valence-corrected chi connectivity index (χ1v) is 16.0. The van der Waals surface area contributed by atoms with Gasteiger partial charge in [-0.1, -0.05) is 23.7 Å². The van der Waals surface area contributed by atoms with E-state index in [1.54, 1.807) is 56.7 Å². The van der Waals surface area contributed by atoms with E-state index in [-0.39, 0.29) is 11.1 Å². The van der Waals surface area contributed by atoms with E-state index in [0.717, 1.165) is 16.8 Å². The number of primary amides is 2. The number of rotatable bonds is 10. The lowest BCUT2D eigenvalue weighted by molar-refractivity contribution is 0.0992. The van der Waals surface area contributed by atoms with Crippen molar-refractivity contribution < 1.29 is 32.9 Å². The van der Waals surface area contributed by atoms with Gasteiger partial charge in [-0.3, -0.25) is 19.6 Å². The maximum absolute atomic E-state index is 13.7. The monoisotopic (exact) mass is 726 g/mol. The van der Waals surface area contributed by atoms with Crippen molar-refractivity contribution in [3.63, 3.8) is 0 Å². The highest BCUT2D eigenvalue weighted by atomic mass is 35.5. The number of aryl methyl sites for hydroxylation is 2. The molecular weight excluding hydrogens is 691 g/mol. The number of nitrogens with two attached hydrogens (primary N) is 2. The number of methoxy groups -OCH3 is 4. The number of carbonyl (C=O) groups excluding carboxylic acids is 2. The van der Waals surface area contributed by atoms with E-state index in [1.807, 2.05) is 19.9 Å². The molecule has 0 radical (unpaired) electrons. The summed E-state index contributed by atoms with van der Waals surface area (Å²) >= 11 is 6.11. The lowest BCUT2D eigenvalue weighted by Gasteiger charge is -2.16. The van der Waals surface area contributed by atoms with Crippen molar-refractivity contribution in [3.8, 4) is 23.0 Å². The highest BCUT2D eigenvalue weighted by Crippen LogP contribution is 2.39. The molecule has 4 aromatic carbocycles. The molecule has 0 aliphatic rings. The fourth-order valence-corrected chi connectivity index (χ4v) is 5.58. The number of hydrogen-bond donors (Lipinski definition) is 4. The zero-order valence-corrected chi connectivity index (χ0v) is 29.9. The predicted molar refractivity (Wildman–Crippen MR) is 201 cm³/mol. The first-order valence-electron chi connectivity index (χ1n) is 15.6. The van der Waals surface area contributed by atoms with Gasteiger partial charge in [-0.25, -0.2) is 4.39 Å². The summed E-state index contributed by atoms with van der Waals surface area (Å²) in [6.45, 7) is 3.77. The van der Waals surface area contributed by atoms with Crippen LogP contribution in [0.15, 0.2) is 73.1 Å². The van der Waals surface area contributed by atoms with Gasteiger partial charge in [-0.15, -0.1) is 0 Å². The van der Waals surface area contributed by atoms with Crippen LogP contribution in [0, 0.1) is 19.7 Å². The Balaban J connectivity index is 0.000000201. The van der Waals surface area contributed by atoms with Crippen LogP contribution in [0.5, 0.6) is 23.0 Å². The molecular formula is C38H36ClFN6O6. The molecule has 2 amide bonds. The number of pyridine rings is 2. The topological polar surface area (TPSA) is 173 Å². The van der Waals surface area contributed by atoms with Gasteiger partial charge in [0.05, 0.1) is 62.0 Å². The molecule has 12 nitrogen and oxygen atoms in total. The molecule has 6 aromatic rings.